The predicted octanol–water partition coefficient (Wildman–Crippen LogP) is 5.55. The molecule has 0 spiro atoms. The third kappa shape index (κ3) is 6.45. The Hall–Kier alpha value is -8.14. The Morgan fingerprint density at radius 1 is 0.500 bits per heavy atom. The lowest BCUT2D eigenvalue weighted by Gasteiger charge is -2.16. The fourth-order valence-corrected chi connectivity index (χ4v) is 7.54. The van der Waals surface area contributed by atoms with Crippen LogP contribution in [0.15, 0.2) is 120 Å². The van der Waals surface area contributed by atoms with Crippen LogP contribution in [0.25, 0.3) is 55.2 Å². The third-order valence-electron chi connectivity index (χ3n) is 10.6. The maximum absolute atomic E-state index is 13.6. The normalized spacial score (nSPS) is 11.4. The highest BCUT2D eigenvalue weighted by atomic mass is 16.1. The van der Waals surface area contributed by atoms with Crippen molar-refractivity contribution in [3.8, 4) is 11.4 Å². The summed E-state index contributed by atoms with van der Waals surface area (Å²) in [5.41, 5.74) is 19.5. The van der Waals surface area contributed by atoms with E-state index < -0.39 is 0 Å². The maximum Gasteiger partial charge on any atom is 0.266 e. The van der Waals surface area contributed by atoms with Crippen molar-refractivity contribution in [2.45, 2.75) is 40.8 Å². The van der Waals surface area contributed by atoms with Gasteiger partial charge in [-0.25, -0.2) is 39.3 Å². The van der Waals surface area contributed by atoms with Gasteiger partial charge in [0.2, 0.25) is 0 Å². The van der Waals surface area contributed by atoms with E-state index in [9.17, 15) is 9.59 Å². The number of rotatable bonds is 6. The predicted molar refractivity (Wildman–Crippen MR) is 231 cm³/mol. The van der Waals surface area contributed by atoms with Gasteiger partial charge in [-0.1, -0.05) is 60.7 Å². The second-order valence-corrected chi connectivity index (χ2v) is 14.4. The first-order valence-electron chi connectivity index (χ1n) is 19.1. The Labute approximate surface area is 341 Å². The molecule has 16 nitrogen and oxygen atoms in total. The molecule has 0 aliphatic heterocycles. The molecule has 6 aromatic heterocycles. The molecule has 296 valence electrons. The molecule has 0 aliphatic carbocycles. The standard InChI is InChI=1S/2C22H19N7O/c2*1-13-6-3-4-9-17(13)29-18(27-16-8-5-7-14(2)19(16)22(29)30)11-28-21-15(10-26-28)20(23)24-12-25-21/h2*3-10,12H,11H2,1-2H3,(H2,23,24,25). The molecule has 0 fully saturated rings. The molecule has 0 unspecified atom stereocenters. The van der Waals surface area contributed by atoms with E-state index in [-0.39, 0.29) is 24.2 Å². The van der Waals surface area contributed by atoms with Crippen LogP contribution >= 0.6 is 0 Å². The number of nitrogens with zero attached hydrogens (tertiary/aromatic N) is 12. The van der Waals surface area contributed by atoms with Crippen molar-refractivity contribution in [1.29, 1.82) is 0 Å². The number of aromatic nitrogens is 12. The van der Waals surface area contributed by atoms with Crippen molar-refractivity contribution >= 4 is 55.5 Å². The van der Waals surface area contributed by atoms with Crippen molar-refractivity contribution in [2.75, 3.05) is 11.5 Å². The van der Waals surface area contributed by atoms with E-state index in [0.29, 0.717) is 67.2 Å². The highest BCUT2D eigenvalue weighted by Crippen LogP contribution is 2.23. The molecule has 4 aromatic carbocycles. The van der Waals surface area contributed by atoms with E-state index in [1.807, 2.05) is 113 Å². The quantitative estimate of drug-likeness (QED) is 0.213. The highest BCUT2D eigenvalue weighted by molar-refractivity contribution is 5.86. The summed E-state index contributed by atoms with van der Waals surface area (Å²) < 4.78 is 6.71. The maximum atomic E-state index is 13.6. The number of nitrogens with two attached hydrogens (primary N) is 2. The van der Waals surface area contributed by atoms with Crippen LogP contribution in [-0.4, -0.2) is 58.6 Å². The lowest BCUT2D eigenvalue weighted by molar-refractivity contribution is 0.649. The zero-order valence-electron chi connectivity index (χ0n) is 33.1. The number of anilines is 2. The van der Waals surface area contributed by atoms with Crippen LogP contribution in [0.1, 0.15) is 33.9 Å². The summed E-state index contributed by atoms with van der Waals surface area (Å²) in [5.74, 6) is 1.86. The van der Waals surface area contributed by atoms with Crippen LogP contribution in [0.4, 0.5) is 11.6 Å². The van der Waals surface area contributed by atoms with Crippen LogP contribution in [0.5, 0.6) is 0 Å². The molecule has 6 heterocycles. The van der Waals surface area contributed by atoms with E-state index in [0.717, 1.165) is 33.6 Å². The fourth-order valence-electron chi connectivity index (χ4n) is 7.54. The Balaban J connectivity index is 0.000000154. The first kappa shape index (κ1) is 37.4. The zero-order chi connectivity index (χ0) is 41.7. The zero-order valence-corrected chi connectivity index (χ0v) is 33.1. The van der Waals surface area contributed by atoms with E-state index in [4.69, 9.17) is 21.4 Å². The minimum atomic E-state index is -0.104. The van der Waals surface area contributed by atoms with Crippen molar-refractivity contribution in [3.05, 3.63) is 165 Å². The molecule has 0 aliphatic rings. The highest BCUT2D eigenvalue weighted by Gasteiger charge is 2.20. The summed E-state index contributed by atoms with van der Waals surface area (Å²) in [6.07, 6.45) is 6.07. The SMILES string of the molecule is Cc1ccccc1-n1c(Cn2ncc3c(N)ncnc32)nc2cccc(C)c2c1=O.Cc1ccccc1-n1c(Cn2ncc3c(N)ncnc32)nc2cccc(C)c2c1=O. The third-order valence-corrected chi connectivity index (χ3v) is 10.6. The number of nitrogen functional groups attached to an aromatic ring is 2. The van der Waals surface area contributed by atoms with Crippen LogP contribution in [0.2, 0.25) is 0 Å². The van der Waals surface area contributed by atoms with Gasteiger partial charge in [0.25, 0.3) is 11.1 Å². The topological polar surface area (TPSA) is 209 Å². The van der Waals surface area contributed by atoms with Gasteiger partial charge in [-0.2, -0.15) is 10.2 Å². The van der Waals surface area contributed by atoms with Crippen LogP contribution in [0.3, 0.4) is 0 Å². The number of aryl methyl sites for hydroxylation is 4. The molecule has 60 heavy (non-hydrogen) atoms. The van der Waals surface area contributed by atoms with Gasteiger partial charge in [0.15, 0.2) is 11.3 Å². The van der Waals surface area contributed by atoms with Crippen LogP contribution in [0, 0.1) is 27.7 Å². The summed E-state index contributed by atoms with van der Waals surface area (Å²) >= 11 is 0. The van der Waals surface area contributed by atoms with Crippen LogP contribution < -0.4 is 22.6 Å². The second kappa shape index (κ2) is 15.0. The Morgan fingerprint density at radius 2 is 0.900 bits per heavy atom. The molecule has 16 heteroatoms. The minimum absolute atomic E-state index is 0.104. The fraction of sp³-hybridized carbons (Fsp3) is 0.136. The first-order valence-corrected chi connectivity index (χ1v) is 19.1. The smallest absolute Gasteiger partial charge is 0.266 e. The molecule has 0 radical (unpaired) electrons. The molecule has 0 saturated carbocycles. The molecule has 4 N–H and O–H groups in total. The Bertz CT molecular complexity index is 3190. The van der Waals surface area contributed by atoms with Gasteiger partial charge < -0.3 is 11.5 Å². The number of fused-ring (bicyclic) bond motifs is 4. The number of para-hydroxylation sites is 2. The van der Waals surface area contributed by atoms with E-state index in [1.54, 1.807) is 30.9 Å². The molecule has 0 amide bonds. The lowest BCUT2D eigenvalue weighted by atomic mass is 10.1. The average Bonchev–Trinajstić information content (AvgIpc) is 3.84. The van der Waals surface area contributed by atoms with Gasteiger partial charge in [0, 0.05) is 0 Å². The number of benzene rings is 4. The number of hydrogen-bond donors (Lipinski definition) is 2. The van der Waals surface area contributed by atoms with E-state index in [2.05, 4.69) is 30.1 Å². The van der Waals surface area contributed by atoms with E-state index >= 15 is 0 Å². The van der Waals surface area contributed by atoms with Crippen LogP contribution in [-0.2, 0) is 13.1 Å². The summed E-state index contributed by atoms with van der Waals surface area (Å²) in [5, 5.41) is 11.4. The summed E-state index contributed by atoms with van der Waals surface area (Å²) in [7, 11) is 0. The van der Waals surface area contributed by atoms with E-state index in [1.165, 1.54) is 12.7 Å². The Kier molecular flexibility index (Phi) is 9.35. The Morgan fingerprint density at radius 3 is 1.32 bits per heavy atom. The average molecular weight is 795 g/mol. The summed E-state index contributed by atoms with van der Waals surface area (Å²) in [4.78, 5) is 53.6. The van der Waals surface area contributed by atoms with Gasteiger partial charge >= 0.3 is 0 Å². The van der Waals surface area contributed by atoms with Gasteiger partial charge in [0.1, 0.15) is 49.0 Å². The lowest BCUT2D eigenvalue weighted by Crippen LogP contribution is -2.26. The first-order chi connectivity index (χ1) is 29.1. The van der Waals surface area contributed by atoms with Gasteiger partial charge in [-0.05, 0) is 74.2 Å². The van der Waals surface area contributed by atoms with Gasteiger partial charge in [-0.15, -0.1) is 0 Å². The molecule has 0 saturated heterocycles. The molecular weight excluding hydrogens is 757 g/mol. The summed E-state index contributed by atoms with van der Waals surface area (Å²) in [6, 6.07) is 26.9. The molecule has 0 bridgehead atoms. The molecular formula is C44H38N14O2. The molecule has 10 rings (SSSR count). The summed E-state index contributed by atoms with van der Waals surface area (Å²) in [6.45, 7) is 8.32. The monoisotopic (exact) mass is 794 g/mol. The van der Waals surface area contributed by atoms with Gasteiger partial charge in [0.05, 0.1) is 56.3 Å². The number of hydrogen-bond acceptors (Lipinski definition) is 12. The largest absolute Gasteiger partial charge is 0.383 e. The van der Waals surface area contributed by atoms with Crippen molar-refractivity contribution in [1.82, 2.24) is 58.6 Å². The van der Waals surface area contributed by atoms with Crippen molar-refractivity contribution in [3.63, 3.8) is 0 Å². The molecule has 0 atom stereocenters. The van der Waals surface area contributed by atoms with Gasteiger partial charge in [-0.3, -0.25) is 18.7 Å². The van der Waals surface area contributed by atoms with Crippen molar-refractivity contribution < 1.29 is 0 Å². The second-order valence-electron chi connectivity index (χ2n) is 14.4. The molecule has 10 aromatic rings. The van der Waals surface area contributed by atoms with Crippen molar-refractivity contribution in [2.24, 2.45) is 0 Å². The minimum Gasteiger partial charge on any atom is -0.383 e.